The Labute approximate surface area is 229 Å². The lowest BCUT2D eigenvalue weighted by Gasteiger charge is -2.29. The van der Waals surface area contributed by atoms with Crippen molar-refractivity contribution in [3.05, 3.63) is 64.8 Å². The molecule has 0 radical (unpaired) electrons. The van der Waals surface area contributed by atoms with E-state index in [9.17, 15) is 22.8 Å². The number of amides is 3. The third-order valence-electron chi connectivity index (χ3n) is 6.64. The molecule has 5 rings (SSSR count). The number of para-hydroxylation sites is 1. The third-order valence-corrected chi connectivity index (χ3v) is 9.13. The van der Waals surface area contributed by atoms with Gasteiger partial charge >= 0.3 is 0 Å². The zero-order valence-electron chi connectivity index (χ0n) is 21.1. The van der Waals surface area contributed by atoms with Crippen molar-refractivity contribution < 1.29 is 22.8 Å². The Balaban J connectivity index is 1.41. The Hall–Kier alpha value is -4.03. The first kappa shape index (κ1) is 26.6. The standard InChI is InChI=1S/C26H25ClN6O5S/c1-14(2)39(37,38)21-9-4-3-7-19(21)29-23-17(27)12-28-26(32-23)30-18-8-5-6-15-16(18)13-33(25(15)36)20-10-11-22(34)31-24(20)35/h3-9,12,14,20H,10-11,13H2,1-2H3,(H,31,34,35)(H2,28,29,30,32). The van der Waals surface area contributed by atoms with Crippen molar-refractivity contribution in [1.82, 2.24) is 20.2 Å². The number of nitrogens with one attached hydrogen (secondary N) is 3. The first-order valence-electron chi connectivity index (χ1n) is 12.2. The fourth-order valence-corrected chi connectivity index (χ4v) is 5.88. The summed E-state index contributed by atoms with van der Waals surface area (Å²) < 4.78 is 25.7. The lowest BCUT2D eigenvalue weighted by Crippen LogP contribution is -2.52. The van der Waals surface area contributed by atoms with Crippen LogP contribution < -0.4 is 16.0 Å². The van der Waals surface area contributed by atoms with Crippen LogP contribution in [0.25, 0.3) is 0 Å². The highest BCUT2D eigenvalue weighted by atomic mass is 35.5. The normalized spacial score (nSPS) is 17.3. The third kappa shape index (κ3) is 5.04. The van der Waals surface area contributed by atoms with Crippen LogP contribution in [0.3, 0.4) is 0 Å². The van der Waals surface area contributed by atoms with Gasteiger partial charge in [-0.3, -0.25) is 19.7 Å². The number of piperidine rings is 1. The van der Waals surface area contributed by atoms with E-state index in [1.54, 1.807) is 50.2 Å². The number of nitrogens with zero attached hydrogens (tertiary/aromatic N) is 3. The van der Waals surface area contributed by atoms with E-state index in [0.717, 1.165) is 0 Å². The number of anilines is 4. The quantitative estimate of drug-likeness (QED) is 0.363. The summed E-state index contributed by atoms with van der Waals surface area (Å²) in [5, 5.41) is 7.97. The summed E-state index contributed by atoms with van der Waals surface area (Å²) in [7, 11) is -3.58. The minimum absolute atomic E-state index is 0.122. The first-order chi connectivity index (χ1) is 18.6. The number of rotatable bonds is 7. The fraction of sp³-hybridized carbons (Fsp3) is 0.269. The zero-order chi connectivity index (χ0) is 27.9. The van der Waals surface area contributed by atoms with Gasteiger partial charge in [0.15, 0.2) is 15.7 Å². The molecule has 2 aliphatic rings. The number of hydrogen-bond acceptors (Lipinski definition) is 9. The number of carbonyl (C=O) groups is 3. The van der Waals surface area contributed by atoms with E-state index in [1.165, 1.54) is 17.2 Å². The maximum absolute atomic E-state index is 13.1. The highest BCUT2D eigenvalue weighted by Crippen LogP contribution is 2.34. The predicted molar refractivity (Wildman–Crippen MR) is 145 cm³/mol. The van der Waals surface area contributed by atoms with E-state index < -0.39 is 27.0 Å². The van der Waals surface area contributed by atoms with Crippen LogP contribution in [0, 0.1) is 0 Å². The van der Waals surface area contributed by atoms with Gasteiger partial charge in [0.05, 0.1) is 22.0 Å². The van der Waals surface area contributed by atoms with Gasteiger partial charge in [0.25, 0.3) is 5.91 Å². The summed E-state index contributed by atoms with van der Waals surface area (Å²) in [6.45, 7) is 3.38. The van der Waals surface area contributed by atoms with E-state index in [2.05, 4.69) is 25.9 Å². The van der Waals surface area contributed by atoms with Crippen LogP contribution in [-0.2, 0) is 26.0 Å². The van der Waals surface area contributed by atoms with E-state index in [0.29, 0.717) is 22.5 Å². The number of fused-ring (bicyclic) bond motifs is 1. The summed E-state index contributed by atoms with van der Waals surface area (Å²) in [6.07, 6.45) is 1.80. The van der Waals surface area contributed by atoms with Crippen LogP contribution in [-0.4, -0.2) is 52.3 Å². The highest BCUT2D eigenvalue weighted by molar-refractivity contribution is 7.92. The van der Waals surface area contributed by atoms with Crippen LogP contribution in [0.1, 0.15) is 42.6 Å². The molecule has 0 saturated carbocycles. The van der Waals surface area contributed by atoms with Crippen LogP contribution in [0.15, 0.2) is 53.6 Å². The molecule has 2 aliphatic heterocycles. The van der Waals surface area contributed by atoms with Gasteiger partial charge in [0.1, 0.15) is 11.1 Å². The van der Waals surface area contributed by atoms with Crippen LogP contribution >= 0.6 is 11.6 Å². The summed E-state index contributed by atoms with van der Waals surface area (Å²) in [5.41, 5.74) is 1.98. The lowest BCUT2D eigenvalue weighted by molar-refractivity contribution is -0.136. The zero-order valence-corrected chi connectivity index (χ0v) is 22.6. The van der Waals surface area contributed by atoms with Gasteiger partial charge < -0.3 is 15.5 Å². The molecule has 1 fully saturated rings. The number of halogens is 1. The van der Waals surface area contributed by atoms with E-state index in [1.807, 2.05) is 0 Å². The summed E-state index contributed by atoms with van der Waals surface area (Å²) in [6, 6.07) is 10.9. The second-order valence-electron chi connectivity index (χ2n) is 9.46. The molecular formula is C26H25ClN6O5S. The van der Waals surface area contributed by atoms with Crippen molar-refractivity contribution in [3.63, 3.8) is 0 Å². The number of benzene rings is 2. The Morgan fingerprint density at radius 2 is 1.79 bits per heavy atom. The molecule has 0 bridgehead atoms. The summed E-state index contributed by atoms with van der Waals surface area (Å²) in [5.74, 6) is -0.791. The maximum Gasteiger partial charge on any atom is 0.255 e. The molecule has 1 saturated heterocycles. The molecule has 0 aliphatic carbocycles. The molecule has 13 heteroatoms. The van der Waals surface area contributed by atoms with E-state index >= 15 is 0 Å². The minimum Gasteiger partial charge on any atom is -0.338 e. The average Bonchev–Trinajstić information content (AvgIpc) is 3.23. The maximum atomic E-state index is 13.1. The molecule has 11 nitrogen and oxygen atoms in total. The van der Waals surface area contributed by atoms with Crippen molar-refractivity contribution in [3.8, 4) is 0 Å². The smallest absolute Gasteiger partial charge is 0.255 e. The number of carbonyl (C=O) groups excluding carboxylic acids is 3. The molecule has 1 aromatic heterocycles. The van der Waals surface area contributed by atoms with Crippen molar-refractivity contribution in [2.45, 2.75) is 49.4 Å². The Morgan fingerprint density at radius 3 is 2.54 bits per heavy atom. The Morgan fingerprint density at radius 1 is 1.05 bits per heavy atom. The van der Waals surface area contributed by atoms with E-state index in [4.69, 9.17) is 11.6 Å². The summed E-state index contributed by atoms with van der Waals surface area (Å²) >= 11 is 6.34. The first-order valence-corrected chi connectivity index (χ1v) is 14.1. The van der Waals surface area contributed by atoms with Gasteiger partial charge in [0, 0.05) is 29.8 Å². The van der Waals surface area contributed by atoms with Gasteiger partial charge in [-0.15, -0.1) is 0 Å². The Kier molecular flexibility index (Phi) is 7.00. The highest BCUT2D eigenvalue weighted by Gasteiger charge is 2.40. The van der Waals surface area contributed by atoms with Crippen molar-refractivity contribution in [2.24, 2.45) is 0 Å². The molecule has 3 N–H and O–H groups in total. The number of aromatic nitrogens is 2. The molecule has 1 atom stereocenters. The molecule has 3 heterocycles. The average molecular weight is 569 g/mol. The molecule has 1 unspecified atom stereocenters. The minimum atomic E-state index is -3.58. The van der Waals surface area contributed by atoms with Gasteiger partial charge in [-0.25, -0.2) is 13.4 Å². The Bertz CT molecular complexity index is 1610. The van der Waals surface area contributed by atoms with Gasteiger partial charge in [-0.05, 0) is 44.5 Å². The molecule has 0 spiro atoms. The molecular weight excluding hydrogens is 544 g/mol. The predicted octanol–water partition coefficient (Wildman–Crippen LogP) is 3.56. The molecule has 39 heavy (non-hydrogen) atoms. The van der Waals surface area contributed by atoms with Crippen LogP contribution in [0.2, 0.25) is 5.02 Å². The second-order valence-corrected chi connectivity index (χ2v) is 12.3. The van der Waals surface area contributed by atoms with Gasteiger partial charge in [-0.1, -0.05) is 29.8 Å². The summed E-state index contributed by atoms with van der Waals surface area (Å²) in [4.78, 5) is 47.3. The fourth-order valence-electron chi connectivity index (χ4n) is 4.54. The molecule has 2 aromatic carbocycles. The number of sulfone groups is 1. The number of imide groups is 1. The van der Waals surface area contributed by atoms with Crippen LogP contribution in [0.5, 0.6) is 0 Å². The molecule has 3 aromatic rings. The van der Waals surface area contributed by atoms with E-state index in [-0.39, 0.29) is 52.9 Å². The van der Waals surface area contributed by atoms with Crippen molar-refractivity contribution >= 4 is 62.3 Å². The van der Waals surface area contributed by atoms with Crippen LogP contribution in [0.4, 0.5) is 23.1 Å². The molecule has 202 valence electrons. The molecule has 3 amide bonds. The van der Waals surface area contributed by atoms with Gasteiger partial charge in [0.2, 0.25) is 17.8 Å². The second kappa shape index (κ2) is 10.3. The lowest BCUT2D eigenvalue weighted by atomic mass is 10.0. The topological polar surface area (TPSA) is 150 Å². The van der Waals surface area contributed by atoms with Gasteiger partial charge in [-0.2, -0.15) is 4.98 Å². The monoisotopic (exact) mass is 568 g/mol. The number of hydrogen-bond donors (Lipinski definition) is 3. The SMILES string of the molecule is CC(C)S(=O)(=O)c1ccccc1Nc1nc(Nc2cccc3c2CN(C2CCC(=O)NC2=O)C3=O)ncc1Cl. The van der Waals surface area contributed by atoms with Crippen molar-refractivity contribution in [1.29, 1.82) is 0 Å². The van der Waals surface area contributed by atoms with Crippen molar-refractivity contribution in [2.75, 3.05) is 10.6 Å². The largest absolute Gasteiger partial charge is 0.338 e.